The van der Waals surface area contributed by atoms with E-state index >= 15 is 0 Å². The molecular weight excluding hydrogens is 274 g/mol. The van der Waals surface area contributed by atoms with Crippen LogP contribution >= 0.6 is 0 Å². The van der Waals surface area contributed by atoms with Crippen LogP contribution in [0.2, 0.25) is 0 Å². The van der Waals surface area contributed by atoms with Crippen LogP contribution < -0.4 is 5.43 Å². The van der Waals surface area contributed by atoms with Gasteiger partial charge in [-0.1, -0.05) is 6.07 Å². The van der Waals surface area contributed by atoms with Gasteiger partial charge in [0.2, 0.25) is 0 Å². The van der Waals surface area contributed by atoms with Crippen molar-refractivity contribution in [3.63, 3.8) is 0 Å². The molecule has 0 unspecified atom stereocenters. The molecule has 2 heterocycles. The summed E-state index contributed by atoms with van der Waals surface area (Å²) in [6.45, 7) is 0.488. The molecule has 3 rings (SSSR count). The number of pyridine rings is 1. The molecule has 1 aliphatic rings. The second-order valence-electron chi connectivity index (χ2n) is 4.42. The zero-order chi connectivity index (χ0) is 14.7. The lowest BCUT2D eigenvalue weighted by atomic mass is 10.1. The predicted molar refractivity (Wildman–Crippen MR) is 77.4 cm³/mol. The summed E-state index contributed by atoms with van der Waals surface area (Å²) >= 11 is 0. The van der Waals surface area contributed by atoms with Crippen molar-refractivity contribution < 1.29 is 8.78 Å². The lowest BCUT2D eigenvalue weighted by Gasteiger charge is -2.24. The molecule has 1 aromatic carbocycles. The second kappa shape index (κ2) is 5.70. The SMILES string of the molecule is Fc1cccc(F)c1C1=CN(Nc2ccncc2)CC=N1. The van der Waals surface area contributed by atoms with E-state index in [4.69, 9.17) is 0 Å². The largest absolute Gasteiger partial charge is 0.298 e. The average molecular weight is 286 g/mol. The first-order chi connectivity index (χ1) is 10.2. The Kier molecular flexibility index (Phi) is 3.59. The third-order valence-electron chi connectivity index (χ3n) is 2.96. The van der Waals surface area contributed by atoms with Gasteiger partial charge < -0.3 is 0 Å². The van der Waals surface area contributed by atoms with E-state index in [9.17, 15) is 8.78 Å². The number of aromatic nitrogens is 1. The Labute approximate surface area is 120 Å². The topological polar surface area (TPSA) is 40.5 Å². The van der Waals surface area contributed by atoms with Crippen molar-refractivity contribution >= 4 is 17.6 Å². The Morgan fingerprint density at radius 1 is 1.05 bits per heavy atom. The number of rotatable bonds is 3. The molecule has 6 heteroatoms. The molecule has 0 amide bonds. The number of halogens is 2. The highest BCUT2D eigenvalue weighted by Crippen LogP contribution is 2.24. The number of nitrogens with zero attached hydrogens (tertiary/aromatic N) is 3. The number of nitrogens with one attached hydrogen (secondary N) is 1. The molecule has 0 aliphatic carbocycles. The smallest absolute Gasteiger partial charge is 0.135 e. The van der Waals surface area contributed by atoms with Crippen LogP contribution in [0.25, 0.3) is 5.70 Å². The van der Waals surface area contributed by atoms with Gasteiger partial charge in [-0.05, 0) is 24.3 Å². The minimum Gasteiger partial charge on any atom is -0.298 e. The molecule has 106 valence electrons. The van der Waals surface area contributed by atoms with Gasteiger partial charge in [0.15, 0.2) is 0 Å². The molecule has 0 spiro atoms. The predicted octanol–water partition coefficient (Wildman–Crippen LogP) is 3.07. The Morgan fingerprint density at radius 3 is 2.48 bits per heavy atom. The minimum absolute atomic E-state index is 0.130. The third kappa shape index (κ3) is 2.89. The Hall–Kier alpha value is -2.76. The fourth-order valence-electron chi connectivity index (χ4n) is 2.00. The summed E-state index contributed by atoms with van der Waals surface area (Å²) in [4.78, 5) is 8.00. The van der Waals surface area contributed by atoms with Crippen LogP contribution in [-0.2, 0) is 0 Å². The van der Waals surface area contributed by atoms with Gasteiger partial charge in [-0.15, -0.1) is 0 Å². The van der Waals surface area contributed by atoms with Crippen molar-refractivity contribution in [1.82, 2.24) is 9.99 Å². The third-order valence-corrected chi connectivity index (χ3v) is 2.96. The van der Waals surface area contributed by atoms with E-state index in [-0.39, 0.29) is 11.3 Å². The van der Waals surface area contributed by atoms with Crippen LogP contribution in [0.15, 0.2) is 53.9 Å². The van der Waals surface area contributed by atoms with E-state index in [1.54, 1.807) is 41.9 Å². The zero-order valence-electron chi connectivity index (χ0n) is 11.0. The fraction of sp³-hybridized carbons (Fsp3) is 0.0667. The number of anilines is 1. The molecule has 0 saturated heterocycles. The van der Waals surface area contributed by atoms with E-state index in [2.05, 4.69) is 15.4 Å². The standard InChI is InChI=1S/C15H12F2N4/c16-12-2-1-3-13(17)15(12)14-10-21(9-8-19-14)20-11-4-6-18-7-5-11/h1-8,10H,9H2,(H,18,20). The quantitative estimate of drug-likeness (QED) is 0.942. The van der Waals surface area contributed by atoms with E-state index in [1.807, 2.05) is 0 Å². The number of benzene rings is 1. The van der Waals surface area contributed by atoms with Crippen molar-refractivity contribution in [2.75, 3.05) is 12.0 Å². The van der Waals surface area contributed by atoms with Crippen LogP contribution in [0.1, 0.15) is 5.56 Å². The monoisotopic (exact) mass is 286 g/mol. The van der Waals surface area contributed by atoms with Crippen LogP contribution in [0.4, 0.5) is 14.5 Å². The van der Waals surface area contributed by atoms with E-state index in [0.29, 0.717) is 6.54 Å². The number of aliphatic imine (C=N–C) groups is 1. The Balaban J connectivity index is 1.88. The molecule has 1 aliphatic heterocycles. The van der Waals surface area contributed by atoms with Crippen molar-refractivity contribution in [2.45, 2.75) is 0 Å². The first-order valence-corrected chi connectivity index (χ1v) is 6.36. The molecule has 2 aromatic rings. The van der Waals surface area contributed by atoms with Gasteiger partial charge in [0, 0.05) is 24.8 Å². The molecule has 0 bridgehead atoms. The van der Waals surface area contributed by atoms with Gasteiger partial charge in [-0.2, -0.15) is 0 Å². The van der Waals surface area contributed by atoms with Crippen molar-refractivity contribution in [3.05, 3.63) is 66.1 Å². The van der Waals surface area contributed by atoms with Crippen LogP contribution in [0.3, 0.4) is 0 Å². The van der Waals surface area contributed by atoms with Crippen molar-refractivity contribution in [1.29, 1.82) is 0 Å². The van der Waals surface area contributed by atoms with Crippen molar-refractivity contribution in [2.24, 2.45) is 4.99 Å². The molecule has 0 fully saturated rings. The molecule has 1 N–H and O–H groups in total. The Morgan fingerprint density at radius 2 is 1.76 bits per heavy atom. The normalized spacial score (nSPS) is 14.0. The average Bonchev–Trinajstić information content (AvgIpc) is 2.48. The van der Waals surface area contributed by atoms with Gasteiger partial charge in [0.1, 0.15) is 11.6 Å². The number of hydrogen-bond donors (Lipinski definition) is 1. The first kappa shape index (κ1) is 13.2. The van der Waals surface area contributed by atoms with Crippen LogP contribution in [-0.4, -0.2) is 22.8 Å². The minimum atomic E-state index is -0.635. The molecule has 1 aromatic heterocycles. The molecule has 0 atom stereocenters. The summed E-state index contributed by atoms with van der Waals surface area (Å²) in [6, 6.07) is 7.34. The van der Waals surface area contributed by atoms with Gasteiger partial charge in [-0.25, -0.2) is 8.78 Å². The van der Waals surface area contributed by atoms with E-state index < -0.39 is 11.6 Å². The summed E-state index contributed by atoms with van der Waals surface area (Å²) in [5.74, 6) is -1.27. The van der Waals surface area contributed by atoms with Gasteiger partial charge in [-0.3, -0.25) is 20.4 Å². The van der Waals surface area contributed by atoms with Gasteiger partial charge in [0.25, 0.3) is 0 Å². The van der Waals surface area contributed by atoms with Gasteiger partial charge >= 0.3 is 0 Å². The molecule has 0 saturated carbocycles. The highest BCUT2D eigenvalue weighted by Gasteiger charge is 2.16. The van der Waals surface area contributed by atoms with Crippen molar-refractivity contribution in [3.8, 4) is 0 Å². The maximum absolute atomic E-state index is 13.8. The number of hydrazine groups is 1. The van der Waals surface area contributed by atoms with E-state index in [1.165, 1.54) is 18.2 Å². The zero-order valence-corrected chi connectivity index (χ0v) is 11.0. The van der Waals surface area contributed by atoms with E-state index in [0.717, 1.165) is 5.69 Å². The summed E-state index contributed by atoms with van der Waals surface area (Å²) in [5.41, 5.74) is 4.03. The molecule has 0 radical (unpaired) electrons. The fourth-order valence-corrected chi connectivity index (χ4v) is 2.00. The second-order valence-corrected chi connectivity index (χ2v) is 4.42. The summed E-state index contributed by atoms with van der Waals surface area (Å²) in [7, 11) is 0. The summed E-state index contributed by atoms with van der Waals surface area (Å²) in [6.07, 6.45) is 6.47. The maximum atomic E-state index is 13.8. The first-order valence-electron chi connectivity index (χ1n) is 6.36. The molecule has 21 heavy (non-hydrogen) atoms. The molecule has 4 nitrogen and oxygen atoms in total. The van der Waals surface area contributed by atoms with Crippen LogP contribution in [0.5, 0.6) is 0 Å². The molecular formula is C15H12F2N4. The summed E-state index contributed by atoms with van der Waals surface area (Å²) < 4.78 is 27.6. The number of hydrogen-bond acceptors (Lipinski definition) is 4. The Bertz CT molecular complexity index is 678. The van der Waals surface area contributed by atoms with Gasteiger partial charge in [0.05, 0.1) is 23.5 Å². The lowest BCUT2D eigenvalue weighted by molar-refractivity contribution is 0.512. The lowest BCUT2D eigenvalue weighted by Crippen LogP contribution is -2.28. The van der Waals surface area contributed by atoms with Crippen LogP contribution in [0, 0.1) is 11.6 Å². The highest BCUT2D eigenvalue weighted by atomic mass is 19.1. The maximum Gasteiger partial charge on any atom is 0.135 e. The summed E-state index contributed by atoms with van der Waals surface area (Å²) in [5, 5.41) is 1.70. The highest BCUT2D eigenvalue weighted by molar-refractivity contribution is 5.77.